The topological polar surface area (TPSA) is 142 Å². The Morgan fingerprint density at radius 1 is 1.29 bits per heavy atom. The van der Waals surface area contributed by atoms with E-state index in [1.165, 1.54) is 0 Å². The van der Waals surface area contributed by atoms with Gasteiger partial charge in [0.2, 0.25) is 15.9 Å². The van der Waals surface area contributed by atoms with Crippen LogP contribution in [0.25, 0.3) is 0 Å². The molecule has 1 fully saturated rings. The van der Waals surface area contributed by atoms with Gasteiger partial charge >= 0.3 is 5.97 Å². The van der Waals surface area contributed by atoms with Gasteiger partial charge < -0.3 is 15.8 Å². The summed E-state index contributed by atoms with van der Waals surface area (Å²) in [6, 6.07) is 0.800. The molecule has 1 amide bonds. The number of hydrogen-bond donors (Lipinski definition) is 4. The second kappa shape index (κ2) is 5.86. The number of nitrogens with one attached hydrogen (secondary N) is 2. The summed E-state index contributed by atoms with van der Waals surface area (Å²) in [6.07, 6.45) is 3.30. The van der Waals surface area contributed by atoms with Crippen LogP contribution in [0.4, 0.5) is 0 Å². The zero-order chi connectivity index (χ0) is 15.6. The van der Waals surface area contributed by atoms with E-state index in [1.807, 2.05) is 0 Å². The molecule has 8 nitrogen and oxygen atoms in total. The molecule has 0 spiro atoms. The van der Waals surface area contributed by atoms with Gasteiger partial charge in [0.1, 0.15) is 10.6 Å². The highest BCUT2D eigenvalue weighted by molar-refractivity contribution is 7.89. The number of H-pyrrole nitrogens is 1. The Labute approximate surface area is 121 Å². The fraction of sp³-hybridized carbons (Fsp3) is 0.500. The average molecular weight is 315 g/mol. The summed E-state index contributed by atoms with van der Waals surface area (Å²) >= 11 is 0. The number of carboxylic acids is 1. The first kappa shape index (κ1) is 15.5. The maximum absolute atomic E-state index is 12.1. The van der Waals surface area contributed by atoms with Crippen LogP contribution in [0.15, 0.2) is 17.2 Å². The molecule has 0 aliphatic heterocycles. The van der Waals surface area contributed by atoms with Crippen LogP contribution in [-0.4, -0.2) is 36.4 Å². The van der Waals surface area contributed by atoms with Gasteiger partial charge in [-0.1, -0.05) is 0 Å². The van der Waals surface area contributed by atoms with E-state index in [-0.39, 0.29) is 28.5 Å². The van der Waals surface area contributed by atoms with E-state index in [1.54, 1.807) is 0 Å². The standard InChI is InChI=1S/C12H17N3O5S/c13-11(16)7-1-3-8(4-2-7)15-21(19,20)9-5-10(12(17)18)14-6-9/h5-8,14-15H,1-4H2,(H2,13,16)(H,17,18). The lowest BCUT2D eigenvalue weighted by Crippen LogP contribution is -2.39. The molecule has 2 rings (SSSR count). The number of amides is 1. The highest BCUT2D eigenvalue weighted by Gasteiger charge is 2.28. The molecule has 1 saturated carbocycles. The number of carbonyl (C=O) groups excluding carboxylic acids is 1. The van der Waals surface area contributed by atoms with Gasteiger partial charge in [0.25, 0.3) is 0 Å². The first-order valence-corrected chi connectivity index (χ1v) is 8.01. The van der Waals surface area contributed by atoms with Crippen LogP contribution >= 0.6 is 0 Å². The van der Waals surface area contributed by atoms with Crippen molar-refractivity contribution < 1.29 is 23.1 Å². The van der Waals surface area contributed by atoms with Crippen molar-refractivity contribution in [2.45, 2.75) is 36.6 Å². The summed E-state index contributed by atoms with van der Waals surface area (Å²) in [6.45, 7) is 0. The van der Waals surface area contributed by atoms with Crippen molar-refractivity contribution in [1.29, 1.82) is 0 Å². The van der Waals surface area contributed by atoms with Gasteiger partial charge in [-0.05, 0) is 31.7 Å². The average Bonchev–Trinajstić information content (AvgIpc) is 2.89. The molecule has 0 radical (unpaired) electrons. The molecule has 21 heavy (non-hydrogen) atoms. The number of aromatic nitrogens is 1. The van der Waals surface area contributed by atoms with Crippen molar-refractivity contribution in [3.8, 4) is 0 Å². The van der Waals surface area contributed by atoms with E-state index in [2.05, 4.69) is 9.71 Å². The predicted octanol–water partition coefficient (Wildman–Crippen LogP) is 0.0353. The molecule has 0 aromatic carbocycles. The fourth-order valence-electron chi connectivity index (χ4n) is 2.44. The van der Waals surface area contributed by atoms with Crippen molar-refractivity contribution in [3.63, 3.8) is 0 Å². The van der Waals surface area contributed by atoms with Gasteiger partial charge in [-0.25, -0.2) is 17.9 Å². The van der Waals surface area contributed by atoms with Crippen molar-refractivity contribution in [3.05, 3.63) is 18.0 Å². The van der Waals surface area contributed by atoms with Crippen molar-refractivity contribution in [2.24, 2.45) is 11.7 Å². The summed E-state index contributed by atoms with van der Waals surface area (Å²) in [5.74, 6) is -1.77. The number of aromatic carboxylic acids is 1. The summed E-state index contributed by atoms with van der Waals surface area (Å²) in [5, 5.41) is 8.78. The van der Waals surface area contributed by atoms with E-state index in [4.69, 9.17) is 10.8 Å². The Morgan fingerprint density at radius 2 is 1.90 bits per heavy atom. The maximum Gasteiger partial charge on any atom is 0.352 e. The van der Waals surface area contributed by atoms with Gasteiger partial charge in [-0.15, -0.1) is 0 Å². The third-order valence-electron chi connectivity index (χ3n) is 3.65. The van der Waals surface area contributed by atoms with Gasteiger partial charge in [0, 0.05) is 18.2 Å². The summed E-state index contributed by atoms with van der Waals surface area (Å²) in [5.41, 5.74) is 5.04. The van der Waals surface area contributed by atoms with E-state index in [0.29, 0.717) is 25.7 Å². The summed E-state index contributed by atoms with van der Waals surface area (Å²) in [7, 11) is -3.77. The minimum Gasteiger partial charge on any atom is -0.477 e. The second-order valence-corrected chi connectivity index (χ2v) is 6.84. The van der Waals surface area contributed by atoms with E-state index < -0.39 is 16.0 Å². The normalized spacial score (nSPS) is 22.9. The number of primary amides is 1. The summed E-state index contributed by atoms with van der Waals surface area (Å²) < 4.78 is 26.8. The van der Waals surface area contributed by atoms with Crippen LogP contribution in [0.2, 0.25) is 0 Å². The first-order valence-electron chi connectivity index (χ1n) is 6.53. The molecular weight excluding hydrogens is 298 g/mol. The fourth-order valence-corrected chi connectivity index (χ4v) is 3.73. The zero-order valence-electron chi connectivity index (χ0n) is 11.2. The maximum atomic E-state index is 12.1. The van der Waals surface area contributed by atoms with E-state index in [0.717, 1.165) is 12.3 Å². The lowest BCUT2D eigenvalue weighted by atomic mass is 9.86. The van der Waals surface area contributed by atoms with Gasteiger partial charge in [-0.2, -0.15) is 0 Å². The molecule has 9 heteroatoms. The van der Waals surface area contributed by atoms with E-state index in [9.17, 15) is 18.0 Å². The van der Waals surface area contributed by atoms with E-state index >= 15 is 0 Å². The number of carboxylic acid groups (broad SMARTS) is 1. The number of nitrogens with two attached hydrogens (primary N) is 1. The minimum atomic E-state index is -3.77. The number of carbonyl (C=O) groups is 2. The van der Waals surface area contributed by atoms with Gasteiger partial charge in [-0.3, -0.25) is 4.79 Å². The SMILES string of the molecule is NC(=O)C1CCC(NS(=O)(=O)c2c[nH]c(C(=O)O)c2)CC1. The zero-order valence-corrected chi connectivity index (χ0v) is 12.0. The first-order chi connectivity index (χ1) is 9.79. The van der Waals surface area contributed by atoms with Crippen LogP contribution < -0.4 is 10.5 Å². The molecule has 1 heterocycles. The van der Waals surface area contributed by atoms with Gasteiger partial charge in [0.05, 0.1) is 0 Å². The molecule has 1 aliphatic carbocycles. The molecule has 116 valence electrons. The number of aromatic amines is 1. The van der Waals surface area contributed by atoms with Crippen LogP contribution in [0.1, 0.15) is 36.2 Å². The highest BCUT2D eigenvalue weighted by Crippen LogP contribution is 2.25. The van der Waals surface area contributed by atoms with Gasteiger partial charge in [0.15, 0.2) is 0 Å². The van der Waals surface area contributed by atoms with Crippen LogP contribution in [-0.2, 0) is 14.8 Å². The number of hydrogen-bond acceptors (Lipinski definition) is 4. The van der Waals surface area contributed by atoms with Crippen molar-refractivity contribution in [2.75, 3.05) is 0 Å². The Hall–Kier alpha value is -1.87. The second-order valence-electron chi connectivity index (χ2n) is 5.13. The Bertz CT molecular complexity index is 644. The Kier molecular flexibility index (Phi) is 4.33. The number of sulfonamides is 1. The molecule has 0 unspecified atom stereocenters. The molecule has 1 aromatic heterocycles. The molecule has 5 N–H and O–H groups in total. The lowest BCUT2D eigenvalue weighted by molar-refractivity contribution is -0.122. The molecular formula is C12H17N3O5S. The highest BCUT2D eigenvalue weighted by atomic mass is 32.2. The molecule has 1 aliphatic rings. The van der Waals surface area contributed by atoms with Crippen LogP contribution in [0.3, 0.4) is 0 Å². The molecule has 0 bridgehead atoms. The van der Waals surface area contributed by atoms with Crippen molar-refractivity contribution >= 4 is 21.9 Å². The van der Waals surface area contributed by atoms with Crippen LogP contribution in [0.5, 0.6) is 0 Å². The predicted molar refractivity (Wildman–Crippen MR) is 73.0 cm³/mol. The summed E-state index contributed by atoms with van der Waals surface area (Å²) in [4.78, 5) is 24.1. The quantitative estimate of drug-likeness (QED) is 0.606. The smallest absolute Gasteiger partial charge is 0.352 e. The molecule has 0 atom stereocenters. The molecule has 0 saturated heterocycles. The third-order valence-corrected chi connectivity index (χ3v) is 5.15. The molecule has 1 aromatic rings. The van der Waals surface area contributed by atoms with Crippen molar-refractivity contribution in [1.82, 2.24) is 9.71 Å². The Balaban J connectivity index is 2.01. The Morgan fingerprint density at radius 3 is 2.38 bits per heavy atom. The monoisotopic (exact) mass is 315 g/mol. The lowest BCUT2D eigenvalue weighted by Gasteiger charge is -2.26. The minimum absolute atomic E-state index is 0.114. The largest absolute Gasteiger partial charge is 0.477 e. The van der Waals surface area contributed by atoms with Crippen LogP contribution in [0, 0.1) is 5.92 Å². The third kappa shape index (κ3) is 3.61. The number of rotatable bonds is 5.